The SMILES string of the molecule is Cc1cc(C)nc(N=C(NC(=O)[C@H](Cc2ccccc2)N2C(=O)[C@@H]3CCCC[C@H]3C2=O)Nc2ccccc2F)n1. The van der Waals surface area contributed by atoms with Crippen LogP contribution in [0, 0.1) is 31.5 Å². The highest BCUT2D eigenvalue weighted by Gasteiger charge is 2.51. The number of aryl methyl sites for hydroxylation is 2. The van der Waals surface area contributed by atoms with E-state index >= 15 is 0 Å². The van der Waals surface area contributed by atoms with Crippen molar-refractivity contribution in [1.82, 2.24) is 20.2 Å². The van der Waals surface area contributed by atoms with Gasteiger partial charge in [0.25, 0.3) is 5.95 Å². The monoisotopic (exact) mass is 542 g/mol. The van der Waals surface area contributed by atoms with Crippen molar-refractivity contribution < 1.29 is 18.8 Å². The fourth-order valence-corrected chi connectivity index (χ4v) is 5.47. The zero-order valence-corrected chi connectivity index (χ0v) is 22.4. The van der Waals surface area contributed by atoms with Crippen molar-refractivity contribution in [2.24, 2.45) is 16.8 Å². The van der Waals surface area contributed by atoms with Crippen molar-refractivity contribution in [3.8, 4) is 0 Å². The number of imide groups is 1. The van der Waals surface area contributed by atoms with Gasteiger partial charge < -0.3 is 5.32 Å². The van der Waals surface area contributed by atoms with Crippen LogP contribution in [-0.4, -0.2) is 44.6 Å². The third-order valence-corrected chi connectivity index (χ3v) is 7.31. The lowest BCUT2D eigenvalue weighted by Crippen LogP contribution is -2.53. The number of carbonyl (C=O) groups excluding carboxylic acids is 3. The van der Waals surface area contributed by atoms with E-state index in [0.717, 1.165) is 23.3 Å². The van der Waals surface area contributed by atoms with E-state index in [0.29, 0.717) is 24.2 Å². The number of hydrogen-bond acceptors (Lipinski definition) is 6. The summed E-state index contributed by atoms with van der Waals surface area (Å²) in [5.74, 6) is -2.68. The average molecular weight is 543 g/mol. The lowest BCUT2D eigenvalue weighted by molar-refractivity contribution is -0.147. The normalized spacial score (nSPS) is 19.8. The van der Waals surface area contributed by atoms with E-state index in [9.17, 15) is 18.8 Å². The minimum atomic E-state index is -1.12. The predicted octanol–water partition coefficient (Wildman–Crippen LogP) is 4.23. The Morgan fingerprint density at radius 1 is 0.975 bits per heavy atom. The molecule has 3 atom stereocenters. The molecule has 206 valence electrons. The number of carbonyl (C=O) groups is 3. The van der Waals surface area contributed by atoms with E-state index in [1.54, 1.807) is 32.0 Å². The Labute approximate surface area is 231 Å². The van der Waals surface area contributed by atoms with Crippen molar-refractivity contribution in [3.63, 3.8) is 0 Å². The minimum absolute atomic E-state index is 0.0654. The van der Waals surface area contributed by atoms with Crippen molar-refractivity contribution in [2.75, 3.05) is 5.32 Å². The summed E-state index contributed by atoms with van der Waals surface area (Å²) < 4.78 is 14.6. The van der Waals surface area contributed by atoms with E-state index < -0.39 is 29.6 Å². The number of nitrogens with zero attached hydrogens (tertiary/aromatic N) is 4. The molecular weight excluding hydrogens is 511 g/mol. The van der Waals surface area contributed by atoms with Crippen LogP contribution in [0.5, 0.6) is 0 Å². The summed E-state index contributed by atoms with van der Waals surface area (Å²) in [6, 6.07) is 15.8. The van der Waals surface area contributed by atoms with Gasteiger partial charge in [0.2, 0.25) is 23.7 Å². The number of rotatable bonds is 6. The molecule has 1 aliphatic heterocycles. The van der Waals surface area contributed by atoms with Crippen molar-refractivity contribution >= 4 is 35.3 Å². The topological polar surface area (TPSA) is 117 Å². The lowest BCUT2D eigenvalue weighted by atomic mass is 9.81. The van der Waals surface area contributed by atoms with Gasteiger partial charge in [-0.05, 0) is 50.5 Å². The summed E-state index contributed by atoms with van der Waals surface area (Å²) in [5.41, 5.74) is 2.20. The fraction of sp³-hybridized carbons (Fsp3) is 0.333. The molecule has 2 N–H and O–H groups in total. The van der Waals surface area contributed by atoms with Crippen LogP contribution < -0.4 is 10.6 Å². The number of nitrogens with one attached hydrogen (secondary N) is 2. The molecule has 2 heterocycles. The molecule has 1 aromatic heterocycles. The average Bonchev–Trinajstić information content (AvgIpc) is 3.18. The van der Waals surface area contributed by atoms with Crippen LogP contribution in [0.3, 0.4) is 0 Å². The molecule has 2 aromatic carbocycles. The molecule has 0 unspecified atom stereocenters. The van der Waals surface area contributed by atoms with Gasteiger partial charge in [-0.1, -0.05) is 55.3 Å². The molecule has 3 aromatic rings. The minimum Gasteiger partial charge on any atom is -0.323 e. The van der Waals surface area contributed by atoms with Gasteiger partial charge in [0.1, 0.15) is 11.9 Å². The Bertz CT molecular complexity index is 1420. The number of guanidine groups is 1. The van der Waals surface area contributed by atoms with Gasteiger partial charge in [0.15, 0.2) is 0 Å². The summed E-state index contributed by atoms with van der Waals surface area (Å²) in [5, 5.41) is 5.53. The molecule has 1 saturated carbocycles. The molecule has 1 aliphatic carbocycles. The smallest absolute Gasteiger partial charge is 0.253 e. The van der Waals surface area contributed by atoms with E-state index in [-0.39, 0.29) is 35.8 Å². The number of benzene rings is 2. The number of para-hydroxylation sites is 1. The molecular formula is C30H31FN6O3. The molecule has 10 heteroatoms. The first kappa shape index (κ1) is 27.1. The van der Waals surface area contributed by atoms with Crippen molar-refractivity contribution in [1.29, 1.82) is 0 Å². The van der Waals surface area contributed by atoms with E-state index in [4.69, 9.17) is 0 Å². The van der Waals surface area contributed by atoms with Gasteiger partial charge in [-0.3, -0.25) is 24.6 Å². The highest BCUT2D eigenvalue weighted by Crippen LogP contribution is 2.39. The first-order valence-electron chi connectivity index (χ1n) is 13.4. The van der Waals surface area contributed by atoms with E-state index in [1.807, 2.05) is 30.3 Å². The van der Waals surface area contributed by atoms with Gasteiger partial charge in [-0.25, -0.2) is 14.4 Å². The fourth-order valence-electron chi connectivity index (χ4n) is 5.47. The van der Waals surface area contributed by atoms with E-state index in [1.165, 1.54) is 12.1 Å². The Hall–Kier alpha value is -4.47. The van der Waals surface area contributed by atoms with Crippen LogP contribution >= 0.6 is 0 Å². The first-order chi connectivity index (χ1) is 19.3. The number of likely N-dealkylation sites (tertiary alicyclic amines) is 1. The van der Waals surface area contributed by atoms with Gasteiger partial charge in [-0.15, -0.1) is 0 Å². The largest absolute Gasteiger partial charge is 0.323 e. The number of anilines is 1. The van der Waals surface area contributed by atoms with Gasteiger partial charge in [-0.2, -0.15) is 4.99 Å². The standard InChI is InChI=1S/C30H31FN6O3/c1-18-16-19(2)33-29(32-18)36-30(34-24-15-9-8-14-23(24)31)35-26(38)25(17-20-10-4-3-5-11-20)37-27(39)21-12-6-7-13-22(21)28(37)40/h3-5,8-11,14-16,21-22,25H,6-7,12-13,17H2,1-2H3,(H2,32,33,34,35,36,38)/t21-,22-,25+/m1/s1. The second kappa shape index (κ2) is 11.7. The second-order valence-corrected chi connectivity index (χ2v) is 10.3. The molecule has 9 nitrogen and oxygen atoms in total. The Morgan fingerprint density at radius 3 is 2.20 bits per heavy atom. The maximum absolute atomic E-state index is 14.6. The number of hydrogen-bond donors (Lipinski definition) is 2. The second-order valence-electron chi connectivity index (χ2n) is 10.3. The molecule has 2 aliphatic rings. The molecule has 2 fully saturated rings. The maximum Gasteiger partial charge on any atom is 0.253 e. The molecule has 1 saturated heterocycles. The third kappa shape index (κ3) is 5.90. The van der Waals surface area contributed by atoms with Crippen molar-refractivity contribution in [3.05, 3.63) is 83.4 Å². The van der Waals surface area contributed by atoms with Crippen LogP contribution in [0.2, 0.25) is 0 Å². The Balaban J connectivity index is 1.50. The van der Waals surface area contributed by atoms with Crippen LogP contribution in [-0.2, 0) is 20.8 Å². The van der Waals surface area contributed by atoms with Gasteiger partial charge in [0, 0.05) is 17.8 Å². The Kier molecular flexibility index (Phi) is 7.95. The van der Waals surface area contributed by atoms with Crippen LogP contribution in [0.15, 0.2) is 65.7 Å². The molecule has 0 spiro atoms. The molecule has 5 rings (SSSR count). The van der Waals surface area contributed by atoms with Crippen LogP contribution in [0.25, 0.3) is 0 Å². The zero-order chi connectivity index (χ0) is 28.2. The number of halogens is 1. The predicted molar refractivity (Wildman–Crippen MR) is 148 cm³/mol. The van der Waals surface area contributed by atoms with Crippen molar-refractivity contribution in [2.45, 2.75) is 52.0 Å². The highest BCUT2D eigenvalue weighted by molar-refractivity contribution is 6.12. The van der Waals surface area contributed by atoms with Crippen LogP contribution in [0.1, 0.15) is 42.6 Å². The van der Waals surface area contributed by atoms with E-state index in [2.05, 4.69) is 25.6 Å². The summed E-state index contributed by atoms with van der Waals surface area (Å²) in [4.78, 5) is 55.0. The zero-order valence-electron chi connectivity index (χ0n) is 22.4. The molecule has 3 amide bonds. The third-order valence-electron chi connectivity index (χ3n) is 7.31. The summed E-state index contributed by atoms with van der Waals surface area (Å²) >= 11 is 0. The quantitative estimate of drug-likeness (QED) is 0.274. The number of fused-ring (bicyclic) bond motifs is 1. The summed E-state index contributed by atoms with van der Waals surface area (Å²) in [7, 11) is 0. The highest BCUT2D eigenvalue weighted by atomic mass is 19.1. The number of aliphatic imine (C=N–C) groups is 1. The number of aromatic nitrogens is 2. The maximum atomic E-state index is 14.6. The Morgan fingerprint density at radius 2 is 1.57 bits per heavy atom. The van der Waals surface area contributed by atoms with Crippen LogP contribution in [0.4, 0.5) is 16.0 Å². The van der Waals surface area contributed by atoms with Gasteiger partial charge in [0.05, 0.1) is 17.5 Å². The summed E-state index contributed by atoms with van der Waals surface area (Å²) in [6.07, 6.45) is 3.15. The lowest BCUT2D eigenvalue weighted by Gasteiger charge is -2.26. The first-order valence-corrected chi connectivity index (χ1v) is 13.4. The summed E-state index contributed by atoms with van der Waals surface area (Å²) in [6.45, 7) is 3.58. The molecule has 40 heavy (non-hydrogen) atoms. The van der Waals surface area contributed by atoms with Gasteiger partial charge >= 0.3 is 0 Å². The molecule has 0 radical (unpaired) electrons. The molecule has 0 bridgehead atoms. The number of amides is 3.